The summed E-state index contributed by atoms with van der Waals surface area (Å²) < 4.78 is 7.34. The Morgan fingerprint density at radius 3 is 0.923 bits per heavy atom. The first-order valence-electron chi connectivity index (χ1n) is 5.43. The van der Waals surface area contributed by atoms with Crippen molar-refractivity contribution < 1.29 is 43.8 Å². The van der Waals surface area contributed by atoms with Crippen LogP contribution in [0.2, 0.25) is 0 Å². The molecule has 0 rings (SSSR count). The third-order valence-electron chi connectivity index (χ3n) is 2.52. The molecule has 26 heavy (non-hydrogen) atoms. The second-order valence-corrected chi connectivity index (χ2v) is 3.92. The van der Waals surface area contributed by atoms with Crippen molar-refractivity contribution in [3.05, 3.63) is 60.7 Å². The first kappa shape index (κ1) is 21.7. The molecule has 0 aromatic carbocycles. The molecule has 0 N–H and O–H groups in total. The summed E-state index contributed by atoms with van der Waals surface area (Å²) in [6, 6.07) is 0. The minimum atomic E-state index is -4.27. The summed E-state index contributed by atoms with van der Waals surface area (Å²) >= 11 is 0. The Hall–Kier alpha value is -4.33. The summed E-state index contributed by atoms with van der Waals surface area (Å²) in [4.78, 5) is 62.0. The van der Waals surface area contributed by atoms with E-state index in [0.29, 0.717) is 0 Å². The average molecular weight is 388 g/mol. The van der Waals surface area contributed by atoms with Gasteiger partial charge in [0.25, 0.3) is 0 Å². The number of ether oxygens (including phenoxy) is 2. The minimum Gasteiger partial charge on any atom is -0.409 e. The van der Waals surface area contributed by atoms with Crippen LogP contribution in [0.15, 0.2) is 0 Å². The molecule has 0 aromatic rings. The van der Waals surface area contributed by atoms with Crippen LogP contribution in [0.1, 0.15) is 0 Å². The lowest BCUT2D eigenvalue weighted by molar-refractivity contribution is -0.970. The first-order valence-corrected chi connectivity index (χ1v) is 5.43. The monoisotopic (exact) mass is 388 g/mol. The molecule has 0 aliphatic heterocycles. The van der Waals surface area contributed by atoms with Crippen LogP contribution in [0.3, 0.4) is 0 Å². The lowest BCUT2D eigenvalue weighted by Gasteiger charge is -2.11. The number of nitro groups is 6. The molecule has 0 aromatic heterocycles. The standard InChI is InChI=1S/C5H4N6O15/c12-3(25-1-4(6(13)14,7(15)16)8(17)18)26-2-5(9(19)20,10(21)22)11(23)24/h1-2H2. The number of hydrogen-bond acceptors (Lipinski definition) is 15. The SMILES string of the molecule is O=C(OCC([N+](=O)[O-])([N+](=O)[O-])[N+](=O)[O-])OCC([N+](=O)[O-])([N+](=O)[O-])[N+](=O)[O-]. The molecular weight excluding hydrogens is 384 g/mol. The Morgan fingerprint density at radius 1 is 0.577 bits per heavy atom. The van der Waals surface area contributed by atoms with Crippen molar-refractivity contribution in [1.82, 2.24) is 0 Å². The van der Waals surface area contributed by atoms with Crippen molar-refractivity contribution in [3.8, 4) is 0 Å². The molecule has 0 radical (unpaired) electrons. The third kappa shape index (κ3) is 3.60. The fraction of sp³-hybridized carbons (Fsp3) is 0.800. The Kier molecular flexibility index (Phi) is 6.25. The maximum atomic E-state index is 11.1. The molecule has 21 heteroatoms. The van der Waals surface area contributed by atoms with E-state index in [0.717, 1.165) is 0 Å². The van der Waals surface area contributed by atoms with Gasteiger partial charge in [0.1, 0.15) is 0 Å². The Labute approximate surface area is 137 Å². The lowest BCUT2D eigenvalue weighted by atomic mass is 10.4. The summed E-state index contributed by atoms with van der Waals surface area (Å²) in [6.07, 6.45) is -2.35. The van der Waals surface area contributed by atoms with Gasteiger partial charge in [-0.3, -0.25) is 60.7 Å². The van der Waals surface area contributed by atoms with Gasteiger partial charge >= 0.3 is 30.9 Å². The van der Waals surface area contributed by atoms with Gasteiger partial charge < -0.3 is 9.47 Å². The molecule has 0 saturated carbocycles. The van der Waals surface area contributed by atoms with Crippen LogP contribution in [0.25, 0.3) is 0 Å². The van der Waals surface area contributed by atoms with Crippen molar-refractivity contribution in [2.75, 3.05) is 13.2 Å². The summed E-state index contributed by atoms with van der Waals surface area (Å²) in [5.41, 5.74) is 0. The van der Waals surface area contributed by atoms with Crippen LogP contribution < -0.4 is 0 Å². The lowest BCUT2D eigenvalue weighted by Crippen LogP contribution is -2.58. The van der Waals surface area contributed by atoms with E-state index in [1.165, 1.54) is 0 Å². The number of hydrogen-bond donors (Lipinski definition) is 0. The molecule has 0 heterocycles. The molecular formula is C5H4N6O15. The van der Waals surface area contributed by atoms with Crippen molar-refractivity contribution in [3.63, 3.8) is 0 Å². The van der Waals surface area contributed by atoms with E-state index >= 15 is 0 Å². The van der Waals surface area contributed by atoms with E-state index in [-0.39, 0.29) is 0 Å². The van der Waals surface area contributed by atoms with E-state index in [9.17, 15) is 65.5 Å². The quantitative estimate of drug-likeness (QED) is 0.171. The number of rotatable bonds is 10. The first-order chi connectivity index (χ1) is 11.8. The fourth-order valence-corrected chi connectivity index (χ4v) is 1.07. The number of nitrogens with zero attached hydrogens (tertiary/aromatic N) is 6. The summed E-state index contributed by atoms with van der Waals surface area (Å²) in [5.74, 6) is -8.54. The Balaban J connectivity index is 5.32. The van der Waals surface area contributed by atoms with E-state index in [2.05, 4.69) is 9.47 Å². The third-order valence-corrected chi connectivity index (χ3v) is 2.52. The largest absolute Gasteiger partial charge is 0.734 e. The van der Waals surface area contributed by atoms with Gasteiger partial charge in [0.15, 0.2) is 29.5 Å². The molecule has 0 aliphatic rings. The summed E-state index contributed by atoms with van der Waals surface area (Å²) in [6.45, 7) is -4.39. The zero-order chi connectivity index (χ0) is 20.9. The van der Waals surface area contributed by atoms with Gasteiger partial charge in [0, 0.05) is 0 Å². The zero-order valence-electron chi connectivity index (χ0n) is 11.7. The Bertz CT molecular complexity index is 556. The van der Waals surface area contributed by atoms with Gasteiger partial charge in [0.05, 0.1) is 0 Å². The van der Waals surface area contributed by atoms with Crippen LogP contribution in [-0.4, -0.2) is 60.5 Å². The molecule has 0 spiro atoms. The van der Waals surface area contributed by atoms with Gasteiger partial charge in [-0.05, 0) is 0 Å². The van der Waals surface area contributed by atoms with Crippen LogP contribution in [-0.2, 0) is 9.47 Å². The molecule has 0 amide bonds. The Morgan fingerprint density at radius 2 is 0.769 bits per heavy atom. The molecule has 21 nitrogen and oxygen atoms in total. The molecule has 0 bridgehead atoms. The topological polar surface area (TPSA) is 294 Å². The highest BCUT2D eigenvalue weighted by Gasteiger charge is 2.73. The number of carbonyl (C=O) groups excluding carboxylic acids is 1. The molecule has 144 valence electrons. The summed E-state index contributed by atoms with van der Waals surface area (Å²) in [5, 5.41) is 63.1. The predicted molar refractivity (Wildman–Crippen MR) is 64.7 cm³/mol. The maximum absolute atomic E-state index is 11.1. The molecule has 0 unspecified atom stereocenters. The summed E-state index contributed by atoms with van der Waals surface area (Å²) in [7, 11) is 0. The van der Waals surface area contributed by atoms with Crippen LogP contribution in [0, 0.1) is 60.7 Å². The van der Waals surface area contributed by atoms with Crippen molar-refractivity contribution in [1.29, 1.82) is 0 Å². The fourth-order valence-electron chi connectivity index (χ4n) is 1.07. The average Bonchev–Trinajstić information content (AvgIpc) is 2.45. The maximum Gasteiger partial charge on any atom is 0.734 e. The van der Waals surface area contributed by atoms with Gasteiger partial charge in [0.2, 0.25) is 0 Å². The van der Waals surface area contributed by atoms with Gasteiger partial charge in [-0.2, -0.15) is 0 Å². The van der Waals surface area contributed by atoms with Crippen LogP contribution in [0.5, 0.6) is 0 Å². The predicted octanol–water partition coefficient (Wildman–Crippen LogP) is -1.89. The smallest absolute Gasteiger partial charge is 0.409 e. The number of carbonyl (C=O) groups is 1. The zero-order valence-corrected chi connectivity index (χ0v) is 11.7. The highest BCUT2D eigenvalue weighted by molar-refractivity contribution is 5.59. The highest BCUT2D eigenvalue weighted by atomic mass is 16.8. The van der Waals surface area contributed by atoms with Crippen molar-refractivity contribution >= 4 is 6.16 Å². The minimum absolute atomic E-state index is 2.05. The van der Waals surface area contributed by atoms with Crippen LogP contribution in [0.4, 0.5) is 4.79 Å². The van der Waals surface area contributed by atoms with Gasteiger partial charge in [-0.25, -0.2) is 4.79 Å². The van der Waals surface area contributed by atoms with Crippen molar-refractivity contribution in [2.24, 2.45) is 0 Å². The van der Waals surface area contributed by atoms with E-state index in [1.807, 2.05) is 0 Å². The van der Waals surface area contributed by atoms with E-state index in [1.54, 1.807) is 0 Å². The molecule has 0 saturated heterocycles. The van der Waals surface area contributed by atoms with Crippen LogP contribution >= 0.6 is 0 Å². The van der Waals surface area contributed by atoms with Crippen molar-refractivity contribution in [2.45, 2.75) is 11.6 Å². The van der Waals surface area contributed by atoms with Gasteiger partial charge in [-0.15, -0.1) is 0 Å². The molecule has 0 fully saturated rings. The molecule has 0 atom stereocenters. The molecule has 0 aliphatic carbocycles. The van der Waals surface area contributed by atoms with Gasteiger partial charge in [-0.1, -0.05) is 0 Å². The second-order valence-electron chi connectivity index (χ2n) is 3.92. The van der Waals surface area contributed by atoms with E-state index in [4.69, 9.17) is 0 Å². The van der Waals surface area contributed by atoms with E-state index < -0.39 is 60.5 Å². The highest BCUT2D eigenvalue weighted by Crippen LogP contribution is 2.16. The normalized spacial score (nSPS) is 11.1. The second kappa shape index (κ2) is 7.49.